The van der Waals surface area contributed by atoms with Crippen LogP contribution in [0.15, 0.2) is 36.5 Å². The molecule has 0 radical (unpaired) electrons. The SMILES string of the molecule is COC(=O)c1cccc([C@H]2CCN([C@H]3C[C@H]4CCC[C@@]4(C(=O)N4CCc5ncc(C(F)(F)F)cc5C4)C3)C[C@@H]2C)c1. The lowest BCUT2D eigenvalue weighted by Gasteiger charge is -2.41. The van der Waals surface area contributed by atoms with Gasteiger partial charge in [0.1, 0.15) is 0 Å². The molecule has 41 heavy (non-hydrogen) atoms. The molecule has 2 aliphatic heterocycles. The molecule has 6 rings (SSSR count). The molecule has 1 saturated heterocycles. The molecule has 6 nitrogen and oxygen atoms in total. The molecule has 3 heterocycles. The van der Waals surface area contributed by atoms with Crippen molar-refractivity contribution in [3.63, 3.8) is 0 Å². The fraction of sp³-hybridized carbons (Fsp3) is 0.594. The smallest absolute Gasteiger partial charge is 0.417 e. The summed E-state index contributed by atoms with van der Waals surface area (Å²) in [6, 6.07) is 9.28. The Morgan fingerprint density at radius 1 is 1.15 bits per heavy atom. The number of benzene rings is 1. The average Bonchev–Trinajstić information content (AvgIpc) is 3.54. The Labute approximate surface area is 239 Å². The molecule has 0 spiro atoms. The molecule has 2 aromatic rings. The summed E-state index contributed by atoms with van der Waals surface area (Å²) in [7, 11) is 1.40. The largest absolute Gasteiger partial charge is 0.465 e. The standard InChI is InChI=1S/C32H38F3N3O3/c1-20-18-37(11-8-27(20)21-5-3-6-22(13-21)29(39)41-2)26-15-24-7-4-10-31(24,16-26)30(40)38-12-9-28-23(19-38)14-25(17-36-28)32(33,34)35/h3,5-6,13-14,17,20,24,26-27H,4,7-12,15-16,18-19H2,1-2H3/t20-,24+,26-,27-,31+/m0/s1. The van der Waals surface area contributed by atoms with Gasteiger partial charge >= 0.3 is 12.1 Å². The van der Waals surface area contributed by atoms with Gasteiger partial charge in [-0.3, -0.25) is 9.78 Å². The quantitative estimate of drug-likeness (QED) is 0.433. The van der Waals surface area contributed by atoms with Gasteiger partial charge in [-0.05, 0) is 85.7 Å². The van der Waals surface area contributed by atoms with E-state index >= 15 is 0 Å². The van der Waals surface area contributed by atoms with Gasteiger partial charge in [-0.1, -0.05) is 25.5 Å². The molecule has 220 valence electrons. The van der Waals surface area contributed by atoms with E-state index in [2.05, 4.69) is 22.9 Å². The van der Waals surface area contributed by atoms with Gasteiger partial charge in [0.2, 0.25) is 5.91 Å². The van der Waals surface area contributed by atoms with Crippen molar-refractivity contribution >= 4 is 11.9 Å². The van der Waals surface area contributed by atoms with E-state index in [0.717, 1.165) is 57.8 Å². The Balaban J connectivity index is 1.14. The Bertz CT molecular complexity index is 1330. The summed E-state index contributed by atoms with van der Waals surface area (Å²) in [5.41, 5.74) is 1.77. The van der Waals surface area contributed by atoms with Crippen LogP contribution in [0.1, 0.15) is 84.1 Å². The number of amides is 1. The fourth-order valence-electron chi connectivity index (χ4n) is 8.32. The van der Waals surface area contributed by atoms with Gasteiger partial charge in [0.25, 0.3) is 0 Å². The predicted octanol–water partition coefficient (Wildman–Crippen LogP) is 5.85. The first-order valence-corrected chi connectivity index (χ1v) is 14.9. The third-order valence-corrected chi connectivity index (χ3v) is 10.4. The molecule has 0 bridgehead atoms. The van der Waals surface area contributed by atoms with Crippen LogP contribution in [0.5, 0.6) is 0 Å². The van der Waals surface area contributed by atoms with Crippen molar-refractivity contribution < 1.29 is 27.5 Å². The minimum atomic E-state index is -4.45. The van der Waals surface area contributed by atoms with Crippen molar-refractivity contribution in [3.8, 4) is 0 Å². The maximum atomic E-state index is 14.2. The molecule has 5 atom stereocenters. The van der Waals surface area contributed by atoms with Gasteiger partial charge in [0.15, 0.2) is 0 Å². The number of pyridine rings is 1. The minimum absolute atomic E-state index is 0.133. The maximum absolute atomic E-state index is 14.2. The first kappa shape index (κ1) is 28.2. The molecule has 9 heteroatoms. The second kappa shape index (κ2) is 10.7. The third-order valence-electron chi connectivity index (χ3n) is 10.4. The van der Waals surface area contributed by atoms with Crippen LogP contribution in [-0.2, 0) is 28.7 Å². The van der Waals surface area contributed by atoms with E-state index < -0.39 is 17.2 Å². The molecule has 1 aromatic carbocycles. The van der Waals surface area contributed by atoms with Crippen molar-refractivity contribution in [1.29, 1.82) is 0 Å². The summed E-state index contributed by atoms with van der Waals surface area (Å²) in [5.74, 6) is 0.895. The zero-order valence-electron chi connectivity index (χ0n) is 23.8. The molecule has 1 aromatic heterocycles. The summed E-state index contributed by atoms with van der Waals surface area (Å²) in [4.78, 5) is 34.7. The van der Waals surface area contributed by atoms with Crippen LogP contribution < -0.4 is 0 Å². The number of esters is 1. The minimum Gasteiger partial charge on any atom is -0.465 e. The van der Waals surface area contributed by atoms with E-state index in [-0.39, 0.29) is 18.4 Å². The number of rotatable bonds is 4. The summed E-state index contributed by atoms with van der Waals surface area (Å²) < 4.78 is 44.9. The number of carbonyl (C=O) groups excluding carboxylic acids is 2. The number of alkyl halides is 3. The number of likely N-dealkylation sites (tertiary alicyclic amines) is 1. The van der Waals surface area contributed by atoms with E-state index in [1.54, 1.807) is 6.07 Å². The molecular formula is C32H38F3N3O3. The highest BCUT2D eigenvalue weighted by Gasteiger charge is 2.57. The third kappa shape index (κ3) is 5.15. The number of halogens is 3. The molecule has 2 saturated carbocycles. The lowest BCUT2D eigenvalue weighted by Crippen LogP contribution is -2.48. The van der Waals surface area contributed by atoms with E-state index in [1.165, 1.54) is 18.7 Å². The number of hydrogen-bond acceptors (Lipinski definition) is 5. The number of nitrogens with zero attached hydrogens (tertiary/aromatic N) is 3. The highest BCUT2D eigenvalue weighted by Crippen LogP contribution is 2.57. The molecular weight excluding hydrogens is 531 g/mol. The number of fused-ring (bicyclic) bond motifs is 2. The highest BCUT2D eigenvalue weighted by molar-refractivity contribution is 5.89. The van der Waals surface area contributed by atoms with Crippen molar-refractivity contribution in [2.24, 2.45) is 17.3 Å². The van der Waals surface area contributed by atoms with E-state index in [9.17, 15) is 22.8 Å². The molecule has 3 fully saturated rings. The topological polar surface area (TPSA) is 62.7 Å². The second-order valence-corrected chi connectivity index (χ2v) is 12.6. The fourth-order valence-corrected chi connectivity index (χ4v) is 8.32. The number of hydrogen-bond donors (Lipinski definition) is 0. The Morgan fingerprint density at radius 3 is 2.73 bits per heavy atom. The number of ether oxygens (including phenoxy) is 1. The molecule has 1 amide bonds. The normalized spacial score (nSPS) is 30.1. The summed E-state index contributed by atoms with van der Waals surface area (Å²) in [6.07, 6.45) is 2.71. The van der Waals surface area contributed by atoms with E-state index in [1.807, 2.05) is 17.0 Å². The first-order chi connectivity index (χ1) is 19.6. The summed E-state index contributed by atoms with van der Waals surface area (Å²) >= 11 is 0. The number of methoxy groups -OCH3 is 1. The van der Waals surface area contributed by atoms with Crippen LogP contribution in [0.4, 0.5) is 13.2 Å². The summed E-state index contributed by atoms with van der Waals surface area (Å²) in [6.45, 7) is 4.88. The number of piperidine rings is 1. The van der Waals surface area contributed by atoms with Crippen LogP contribution in [0, 0.1) is 17.3 Å². The van der Waals surface area contributed by atoms with Crippen molar-refractivity contribution in [1.82, 2.24) is 14.8 Å². The van der Waals surface area contributed by atoms with Crippen LogP contribution in [0.2, 0.25) is 0 Å². The van der Waals surface area contributed by atoms with Gasteiger partial charge in [-0.2, -0.15) is 13.2 Å². The Morgan fingerprint density at radius 2 is 1.98 bits per heavy atom. The van der Waals surface area contributed by atoms with Crippen LogP contribution in [-0.4, -0.2) is 59.4 Å². The Kier molecular flexibility index (Phi) is 7.37. The monoisotopic (exact) mass is 569 g/mol. The van der Waals surface area contributed by atoms with Gasteiger partial charge in [-0.15, -0.1) is 0 Å². The van der Waals surface area contributed by atoms with E-state index in [0.29, 0.717) is 53.6 Å². The average molecular weight is 570 g/mol. The molecule has 0 unspecified atom stereocenters. The number of carbonyl (C=O) groups is 2. The van der Waals surface area contributed by atoms with Crippen molar-refractivity contribution in [2.75, 3.05) is 26.7 Å². The lowest BCUT2D eigenvalue weighted by atomic mass is 9.78. The summed E-state index contributed by atoms with van der Waals surface area (Å²) in [5, 5.41) is 0. The predicted molar refractivity (Wildman–Crippen MR) is 147 cm³/mol. The van der Waals surface area contributed by atoms with Crippen molar-refractivity contribution in [3.05, 3.63) is 64.5 Å². The second-order valence-electron chi connectivity index (χ2n) is 12.6. The van der Waals surface area contributed by atoms with Crippen LogP contribution in [0.25, 0.3) is 0 Å². The zero-order valence-corrected chi connectivity index (χ0v) is 23.8. The first-order valence-electron chi connectivity index (χ1n) is 14.9. The van der Waals surface area contributed by atoms with Gasteiger partial charge in [-0.25, -0.2) is 4.79 Å². The molecule has 0 N–H and O–H groups in total. The zero-order chi connectivity index (χ0) is 28.9. The lowest BCUT2D eigenvalue weighted by molar-refractivity contribution is -0.144. The van der Waals surface area contributed by atoms with Gasteiger partial charge in [0, 0.05) is 44.0 Å². The van der Waals surface area contributed by atoms with Crippen LogP contribution in [0.3, 0.4) is 0 Å². The Hall–Kier alpha value is -2.94. The van der Waals surface area contributed by atoms with Gasteiger partial charge in [0.05, 0.1) is 23.7 Å². The van der Waals surface area contributed by atoms with Crippen LogP contribution >= 0.6 is 0 Å². The van der Waals surface area contributed by atoms with E-state index in [4.69, 9.17) is 4.74 Å². The number of aromatic nitrogens is 1. The van der Waals surface area contributed by atoms with Crippen molar-refractivity contribution in [2.45, 2.75) is 76.6 Å². The highest BCUT2D eigenvalue weighted by atomic mass is 19.4. The van der Waals surface area contributed by atoms with Gasteiger partial charge < -0.3 is 14.5 Å². The maximum Gasteiger partial charge on any atom is 0.417 e. The molecule has 2 aliphatic carbocycles. The molecule has 4 aliphatic rings.